The molecular weight excluding hydrogens is 560 g/mol. The smallest absolute Gasteiger partial charge is 0.154 e. The highest BCUT2D eigenvalue weighted by molar-refractivity contribution is 9.10. The van der Waals surface area contributed by atoms with Crippen molar-refractivity contribution in [2.75, 3.05) is 6.61 Å². The average molecular weight is 577 g/mol. The fourth-order valence-electron chi connectivity index (χ4n) is 3.16. The number of aromatic nitrogens is 1. The third kappa shape index (κ3) is 5.72. The number of nitrogens with one attached hydrogen (secondary N) is 2. The van der Waals surface area contributed by atoms with Gasteiger partial charge in [-0.05, 0) is 34.1 Å². The number of benzene rings is 1. The second kappa shape index (κ2) is 11.5. The molecule has 1 aliphatic rings. The molecule has 34 heavy (non-hydrogen) atoms. The minimum atomic E-state index is -1.41. The van der Waals surface area contributed by atoms with Crippen LogP contribution in [0.5, 0.6) is 0 Å². The van der Waals surface area contributed by atoms with Crippen LogP contribution in [0.4, 0.5) is 8.78 Å². The van der Waals surface area contributed by atoms with Gasteiger partial charge in [0.2, 0.25) is 0 Å². The van der Waals surface area contributed by atoms with E-state index in [-0.39, 0.29) is 17.0 Å². The number of nitrogens with zero attached hydrogens (tertiary/aromatic N) is 3. The van der Waals surface area contributed by atoms with Crippen molar-refractivity contribution >= 4 is 45.0 Å². The summed E-state index contributed by atoms with van der Waals surface area (Å²) in [4.78, 5) is 4.38. The fourth-order valence-corrected chi connectivity index (χ4v) is 4.91. The molecule has 0 spiro atoms. The van der Waals surface area contributed by atoms with Crippen LogP contribution in [0.1, 0.15) is 11.3 Å². The van der Waals surface area contributed by atoms with Gasteiger partial charge in [-0.1, -0.05) is 23.4 Å². The van der Waals surface area contributed by atoms with Crippen molar-refractivity contribution in [1.29, 1.82) is 10.8 Å². The number of rotatable bonds is 7. The molecule has 0 aliphatic carbocycles. The Morgan fingerprint density at radius 3 is 2.62 bits per heavy atom. The summed E-state index contributed by atoms with van der Waals surface area (Å²) in [6.07, 6.45) is -1.39. The SMILES string of the molecule is N#Cc1ncc(Br)cc1S[C@H]1OC(CO)[C@H](O)C(N/C=C(\N=N)c2cc(F)c(Cl)c(F)c2)C1O. The first kappa shape index (κ1) is 26.4. The summed E-state index contributed by atoms with van der Waals surface area (Å²) in [7, 11) is 0. The minimum Gasteiger partial charge on any atom is -0.394 e. The first-order chi connectivity index (χ1) is 16.2. The number of ether oxygens (including phenoxy) is 1. The largest absolute Gasteiger partial charge is 0.394 e. The Hall–Kier alpha value is -2.18. The van der Waals surface area contributed by atoms with Gasteiger partial charge in [0.15, 0.2) is 5.69 Å². The molecule has 1 aliphatic heterocycles. The van der Waals surface area contributed by atoms with Gasteiger partial charge in [-0.25, -0.2) is 19.3 Å². The molecule has 0 bridgehead atoms. The van der Waals surface area contributed by atoms with Crippen LogP contribution in [0.2, 0.25) is 5.02 Å². The Bertz CT molecular complexity index is 1130. The summed E-state index contributed by atoms with van der Waals surface area (Å²) < 4.78 is 33.8. The van der Waals surface area contributed by atoms with Gasteiger partial charge >= 0.3 is 0 Å². The lowest BCUT2D eigenvalue weighted by atomic mass is 9.97. The van der Waals surface area contributed by atoms with Crippen molar-refractivity contribution in [3.05, 3.63) is 63.0 Å². The molecule has 5 N–H and O–H groups in total. The van der Waals surface area contributed by atoms with E-state index in [1.165, 1.54) is 6.20 Å². The second-order valence-electron chi connectivity index (χ2n) is 7.02. The normalized spacial score (nSPS) is 25.0. The van der Waals surface area contributed by atoms with Crippen LogP contribution in [-0.2, 0) is 4.74 Å². The molecule has 5 atom stereocenters. The van der Waals surface area contributed by atoms with E-state index >= 15 is 0 Å². The van der Waals surface area contributed by atoms with E-state index < -0.39 is 53.1 Å². The van der Waals surface area contributed by atoms with E-state index in [2.05, 4.69) is 31.3 Å². The van der Waals surface area contributed by atoms with Gasteiger partial charge < -0.3 is 25.4 Å². The minimum absolute atomic E-state index is 0.0853. The molecule has 3 unspecified atom stereocenters. The number of halogens is 4. The highest BCUT2D eigenvalue weighted by atomic mass is 79.9. The summed E-state index contributed by atoms with van der Waals surface area (Å²) in [5.41, 5.74) is 6.06. The monoisotopic (exact) mass is 575 g/mol. The topological polar surface area (TPSA) is 155 Å². The summed E-state index contributed by atoms with van der Waals surface area (Å²) in [6, 6.07) is 4.16. The molecule has 3 rings (SSSR count). The van der Waals surface area contributed by atoms with Crippen molar-refractivity contribution in [2.24, 2.45) is 5.11 Å². The van der Waals surface area contributed by atoms with E-state index in [1.54, 1.807) is 6.07 Å². The molecule has 0 radical (unpaired) electrons. The molecule has 2 aromatic rings. The number of pyridine rings is 1. The van der Waals surface area contributed by atoms with Crippen LogP contribution in [0.3, 0.4) is 0 Å². The summed E-state index contributed by atoms with van der Waals surface area (Å²) in [6.45, 7) is -0.585. The zero-order chi connectivity index (χ0) is 25.0. The van der Waals surface area contributed by atoms with Gasteiger partial charge in [0.25, 0.3) is 0 Å². The van der Waals surface area contributed by atoms with Crippen LogP contribution in [0.25, 0.3) is 5.70 Å². The third-order valence-corrected chi connectivity index (χ3v) is 6.85. The lowest BCUT2D eigenvalue weighted by molar-refractivity contribution is -0.164. The molecule has 1 aromatic heterocycles. The predicted octanol–water partition coefficient (Wildman–Crippen LogP) is 3.17. The van der Waals surface area contributed by atoms with Crippen LogP contribution in [0.15, 0.2) is 45.1 Å². The van der Waals surface area contributed by atoms with Gasteiger partial charge in [-0.15, -0.1) is 0 Å². The van der Waals surface area contributed by atoms with Crippen LogP contribution >= 0.6 is 39.3 Å². The third-order valence-electron chi connectivity index (χ3n) is 4.87. The highest BCUT2D eigenvalue weighted by Gasteiger charge is 2.44. The Morgan fingerprint density at radius 1 is 1.35 bits per heavy atom. The van der Waals surface area contributed by atoms with Crippen molar-refractivity contribution in [1.82, 2.24) is 10.3 Å². The molecule has 180 valence electrons. The highest BCUT2D eigenvalue weighted by Crippen LogP contribution is 2.35. The lowest BCUT2D eigenvalue weighted by Crippen LogP contribution is -2.62. The number of hydrogen-bond donors (Lipinski definition) is 5. The summed E-state index contributed by atoms with van der Waals surface area (Å²) in [5, 5.41) is 45.6. The standard InChI is InChI=1S/C20H17BrClF2N5O4S/c21-9-3-15(12(4-25)27-5-9)34-20-19(32)17(18(31)14(7-30)33-20)28-6-13(29-26)8-1-10(23)16(22)11(24)2-8/h1-3,5-6,14,17-20,26,28,30-32H,7H2/b13-6-,29-26?/t14?,17?,18-,19?,20+/m0/s1. The Balaban J connectivity index is 1.88. The summed E-state index contributed by atoms with van der Waals surface area (Å²) in [5.74, 6) is -2.10. The molecule has 1 fully saturated rings. The Morgan fingerprint density at radius 2 is 2.03 bits per heavy atom. The molecule has 1 saturated heterocycles. The average Bonchev–Trinajstić information content (AvgIpc) is 2.81. The van der Waals surface area contributed by atoms with Crippen molar-refractivity contribution in [2.45, 2.75) is 34.7 Å². The van der Waals surface area contributed by atoms with Crippen molar-refractivity contribution in [3.8, 4) is 6.07 Å². The van der Waals surface area contributed by atoms with Crippen LogP contribution in [0, 0.1) is 28.5 Å². The van der Waals surface area contributed by atoms with Gasteiger partial charge in [0.05, 0.1) is 12.6 Å². The maximum Gasteiger partial charge on any atom is 0.154 e. The van der Waals surface area contributed by atoms with Crippen LogP contribution in [-0.4, -0.2) is 56.7 Å². The van der Waals surface area contributed by atoms with Gasteiger partial charge in [-0.3, -0.25) is 0 Å². The molecule has 2 heterocycles. The molecule has 9 nitrogen and oxygen atoms in total. The number of nitriles is 1. The zero-order valence-corrected chi connectivity index (χ0v) is 20.2. The van der Waals surface area contributed by atoms with Crippen molar-refractivity contribution in [3.63, 3.8) is 0 Å². The summed E-state index contributed by atoms with van der Waals surface area (Å²) >= 11 is 9.70. The zero-order valence-electron chi connectivity index (χ0n) is 17.0. The van der Waals surface area contributed by atoms with E-state index in [4.69, 9.17) is 21.9 Å². The predicted molar refractivity (Wildman–Crippen MR) is 122 cm³/mol. The number of hydrogen-bond acceptors (Lipinski definition) is 10. The maximum atomic E-state index is 13.8. The second-order valence-corrected chi connectivity index (χ2v) is 9.46. The fraction of sp³-hybridized carbons (Fsp3) is 0.300. The molecule has 0 amide bonds. The molecule has 1 aromatic carbocycles. The van der Waals surface area contributed by atoms with E-state index in [9.17, 15) is 29.4 Å². The molecule has 14 heteroatoms. The number of aliphatic hydroxyl groups is 3. The lowest BCUT2D eigenvalue weighted by Gasteiger charge is -2.42. The van der Waals surface area contributed by atoms with Gasteiger partial charge in [0.1, 0.15) is 52.2 Å². The number of thioether (sulfide) groups is 1. The van der Waals surface area contributed by atoms with Gasteiger partial charge in [-0.2, -0.15) is 10.4 Å². The molecule has 0 saturated carbocycles. The first-order valence-corrected chi connectivity index (χ1v) is 11.6. The van der Waals surface area contributed by atoms with E-state index in [0.29, 0.717) is 9.37 Å². The maximum absolute atomic E-state index is 13.8. The Kier molecular flexibility index (Phi) is 8.94. The molecular formula is C20H17BrClF2N5O4S. The van der Waals surface area contributed by atoms with Gasteiger partial charge in [0, 0.05) is 27.3 Å². The van der Waals surface area contributed by atoms with Crippen LogP contribution < -0.4 is 5.32 Å². The first-order valence-electron chi connectivity index (χ1n) is 9.53. The van der Waals surface area contributed by atoms with E-state index in [0.717, 1.165) is 30.1 Å². The Labute approximate surface area is 210 Å². The van der Waals surface area contributed by atoms with E-state index in [1.807, 2.05) is 6.07 Å². The quantitative estimate of drug-likeness (QED) is 0.249. The number of aliphatic hydroxyl groups excluding tert-OH is 3. The van der Waals surface area contributed by atoms with Crippen molar-refractivity contribution < 1.29 is 28.8 Å².